The lowest BCUT2D eigenvalue weighted by Gasteiger charge is -2.29. The molecule has 0 bridgehead atoms. The van der Waals surface area contributed by atoms with E-state index in [1.807, 2.05) is 6.92 Å². The van der Waals surface area contributed by atoms with Crippen molar-refractivity contribution in [1.29, 1.82) is 0 Å². The van der Waals surface area contributed by atoms with Crippen LogP contribution in [0.1, 0.15) is 40.0 Å². The Hall–Kier alpha value is -0.650. The van der Waals surface area contributed by atoms with E-state index in [0.29, 0.717) is 12.8 Å². The number of ether oxygens (including phenoxy) is 3. The number of carbonyl (C=O) groups is 1. The first kappa shape index (κ1) is 14.4. The van der Waals surface area contributed by atoms with Gasteiger partial charge in [0.2, 0.25) is 0 Å². The normalized spacial score (nSPS) is 28.5. The van der Waals surface area contributed by atoms with Crippen LogP contribution in [0, 0.1) is 0 Å². The summed E-state index contributed by atoms with van der Waals surface area (Å²) in [5.41, 5.74) is 0. The molecule has 0 aromatic carbocycles. The molecule has 4 atom stereocenters. The molecule has 5 heteroatoms. The fourth-order valence-corrected chi connectivity index (χ4v) is 2.04. The Kier molecular flexibility index (Phi) is 5.88. The van der Waals surface area contributed by atoms with E-state index in [4.69, 9.17) is 14.2 Å². The van der Waals surface area contributed by atoms with E-state index < -0.39 is 6.10 Å². The van der Waals surface area contributed by atoms with E-state index in [9.17, 15) is 9.90 Å². The maximum Gasteiger partial charge on any atom is 0.302 e. The third-order valence-corrected chi connectivity index (χ3v) is 2.76. The van der Waals surface area contributed by atoms with Crippen molar-refractivity contribution in [3.63, 3.8) is 0 Å². The second kappa shape index (κ2) is 6.93. The number of hydrogen-bond acceptors (Lipinski definition) is 5. The molecule has 0 radical (unpaired) electrons. The summed E-state index contributed by atoms with van der Waals surface area (Å²) in [5.74, 6) is -0.319. The van der Waals surface area contributed by atoms with Crippen molar-refractivity contribution >= 4 is 5.97 Å². The van der Waals surface area contributed by atoms with Gasteiger partial charge < -0.3 is 19.3 Å². The topological polar surface area (TPSA) is 65.0 Å². The van der Waals surface area contributed by atoms with Crippen LogP contribution in [0.15, 0.2) is 0 Å². The minimum Gasteiger partial charge on any atom is -0.463 e. The van der Waals surface area contributed by atoms with Crippen molar-refractivity contribution in [2.24, 2.45) is 0 Å². The van der Waals surface area contributed by atoms with E-state index in [0.717, 1.165) is 6.42 Å². The van der Waals surface area contributed by atoms with Crippen LogP contribution in [0.2, 0.25) is 0 Å². The number of carbonyl (C=O) groups excluding carboxylic acids is 1. The summed E-state index contributed by atoms with van der Waals surface area (Å²) in [5, 5.41) is 9.86. The van der Waals surface area contributed by atoms with Crippen LogP contribution in [0.4, 0.5) is 0 Å². The van der Waals surface area contributed by atoms with Gasteiger partial charge in [0.25, 0.3) is 0 Å². The first-order valence-electron chi connectivity index (χ1n) is 6.06. The Bertz CT molecular complexity index is 243. The molecule has 1 aliphatic heterocycles. The Morgan fingerprint density at radius 1 is 1.53 bits per heavy atom. The average molecular weight is 246 g/mol. The van der Waals surface area contributed by atoms with Gasteiger partial charge in [0.15, 0.2) is 0 Å². The van der Waals surface area contributed by atoms with Crippen LogP contribution in [0.25, 0.3) is 0 Å². The predicted molar refractivity (Wildman–Crippen MR) is 61.4 cm³/mol. The summed E-state index contributed by atoms with van der Waals surface area (Å²) in [7, 11) is 0. The molecule has 1 N–H and O–H groups in total. The molecular formula is C12H22O5. The number of hydrogen-bond donors (Lipinski definition) is 1. The van der Waals surface area contributed by atoms with Crippen molar-refractivity contribution in [1.82, 2.24) is 0 Å². The predicted octanol–water partition coefficient (Wildman–Crippen LogP) is 1.23. The van der Waals surface area contributed by atoms with Gasteiger partial charge in [-0.25, -0.2) is 0 Å². The fourth-order valence-electron chi connectivity index (χ4n) is 2.04. The van der Waals surface area contributed by atoms with Crippen molar-refractivity contribution in [3.05, 3.63) is 0 Å². The van der Waals surface area contributed by atoms with Crippen molar-refractivity contribution < 1.29 is 24.1 Å². The first-order chi connectivity index (χ1) is 7.97. The maximum absolute atomic E-state index is 10.7. The second-order valence-electron chi connectivity index (χ2n) is 4.66. The zero-order valence-corrected chi connectivity index (χ0v) is 10.7. The minimum atomic E-state index is -0.514. The van der Waals surface area contributed by atoms with Gasteiger partial charge in [-0.15, -0.1) is 0 Å². The molecule has 0 aliphatic carbocycles. The fraction of sp³-hybridized carbons (Fsp3) is 0.917. The van der Waals surface area contributed by atoms with Gasteiger partial charge in [0.05, 0.1) is 18.3 Å². The second-order valence-corrected chi connectivity index (χ2v) is 4.66. The molecule has 0 saturated carbocycles. The highest BCUT2D eigenvalue weighted by Crippen LogP contribution is 2.19. The monoisotopic (exact) mass is 246 g/mol. The Morgan fingerprint density at radius 3 is 2.82 bits per heavy atom. The largest absolute Gasteiger partial charge is 0.463 e. The highest BCUT2D eigenvalue weighted by molar-refractivity contribution is 5.66. The van der Waals surface area contributed by atoms with Gasteiger partial charge in [-0.05, 0) is 26.7 Å². The van der Waals surface area contributed by atoms with Gasteiger partial charge >= 0.3 is 5.97 Å². The highest BCUT2D eigenvalue weighted by atomic mass is 16.7. The van der Waals surface area contributed by atoms with Crippen molar-refractivity contribution in [3.8, 4) is 0 Å². The molecule has 0 aromatic rings. The molecule has 4 unspecified atom stereocenters. The lowest BCUT2D eigenvalue weighted by atomic mass is 10.0. The molecule has 1 heterocycles. The zero-order chi connectivity index (χ0) is 12.8. The third kappa shape index (κ3) is 6.00. The smallest absolute Gasteiger partial charge is 0.302 e. The Labute approximate surface area is 102 Å². The van der Waals surface area contributed by atoms with Crippen LogP contribution in [0.3, 0.4) is 0 Å². The zero-order valence-electron chi connectivity index (χ0n) is 10.7. The van der Waals surface area contributed by atoms with Gasteiger partial charge in [-0.1, -0.05) is 0 Å². The molecule has 0 aromatic heterocycles. The van der Waals surface area contributed by atoms with Crippen molar-refractivity contribution in [2.75, 3.05) is 6.79 Å². The minimum absolute atomic E-state index is 0.0262. The molecule has 17 heavy (non-hydrogen) atoms. The summed E-state index contributed by atoms with van der Waals surface area (Å²) in [6.45, 7) is 5.42. The quantitative estimate of drug-likeness (QED) is 0.739. The molecule has 0 amide bonds. The molecule has 100 valence electrons. The molecule has 1 saturated heterocycles. The van der Waals surface area contributed by atoms with E-state index >= 15 is 0 Å². The van der Waals surface area contributed by atoms with Crippen LogP contribution in [-0.2, 0) is 19.0 Å². The average Bonchev–Trinajstić information content (AvgIpc) is 2.14. The number of rotatable bonds is 5. The molecule has 1 aliphatic rings. The summed E-state index contributed by atoms with van der Waals surface area (Å²) in [4.78, 5) is 10.7. The van der Waals surface area contributed by atoms with Crippen molar-refractivity contribution in [2.45, 2.75) is 64.4 Å². The SMILES string of the molecule is CC(=O)OC(C)CC(O)CC1CC(C)OCO1. The Balaban J connectivity index is 2.23. The summed E-state index contributed by atoms with van der Waals surface area (Å²) < 4.78 is 15.6. The standard InChI is InChI=1S/C12H22O5/c1-8-5-12(16-7-15-8)6-11(14)4-9(2)17-10(3)13/h8-9,11-12,14H,4-7H2,1-3H3. The van der Waals surface area contributed by atoms with Crippen LogP contribution in [0.5, 0.6) is 0 Å². The molecule has 0 spiro atoms. The summed E-state index contributed by atoms with van der Waals surface area (Å²) >= 11 is 0. The number of aliphatic hydroxyl groups excluding tert-OH is 1. The molecule has 1 rings (SSSR count). The van der Waals surface area contributed by atoms with E-state index in [1.165, 1.54) is 6.92 Å². The van der Waals surface area contributed by atoms with Gasteiger partial charge in [-0.3, -0.25) is 4.79 Å². The lowest BCUT2D eigenvalue weighted by molar-refractivity contribution is -0.177. The van der Waals surface area contributed by atoms with Gasteiger partial charge in [0, 0.05) is 13.3 Å². The molecule has 1 fully saturated rings. The Morgan fingerprint density at radius 2 is 2.24 bits per heavy atom. The summed E-state index contributed by atoms with van der Waals surface area (Å²) in [6.07, 6.45) is 1.21. The van der Waals surface area contributed by atoms with E-state index in [-0.39, 0.29) is 31.1 Å². The molecular weight excluding hydrogens is 224 g/mol. The van der Waals surface area contributed by atoms with Crippen LogP contribution >= 0.6 is 0 Å². The van der Waals surface area contributed by atoms with Crippen LogP contribution < -0.4 is 0 Å². The van der Waals surface area contributed by atoms with Gasteiger partial charge in [-0.2, -0.15) is 0 Å². The van der Waals surface area contributed by atoms with E-state index in [1.54, 1.807) is 6.92 Å². The highest BCUT2D eigenvalue weighted by Gasteiger charge is 2.23. The summed E-state index contributed by atoms with van der Waals surface area (Å²) in [6, 6.07) is 0. The number of esters is 1. The number of aliphatic hydroxyl groups is 1. The lowest BCUT2D eigenvalue weighted by Crippen LogP contribution is -2.33. The van der Waals surface area contributed by atoms with Crippen LogP contribution in [-0.4, -0.2) is 42.3 Å². The van der Waals surface area contributed by atoms with E-state index in [2.05, 4.69) is 0 Å². The van der Waals surface area contributed by atoms with Gasteiger partial charge in [0.1, 0.15) is 12.9 Å². The third-order valence-electron chi connectivity index (χ3n) is 2.76. The first-order valence-corrected chi connectivity index (χ1v) is 6.06. The maximum atomic E-state index is 10.7. The molecule has 5 nitrogen and oxygen atoms in total.